The Bertz CT molecular complexity index is 494. The van der Waals surface area contributed by atoms with E-state index in [2.05, 4.69) is 36.4 Å². The average Bonchev–Trinajstić information content (AvgIpc) is 2.49. The van der Waals surface area contributed by atoms with Gasteiger partial charge in [0.05, 0.1) is 0 Å². The number of amides is 1. The van der Waals surface area contributed by atoms with Gasteiger partial charge >= 0.3 is 0 Å². The lowest BCUT2D eigenvalue weighted by atomic mass is 10.0. The summed E-state index contributed by atoms with van der Waals surface area (Å²) in [5.74, 6) is 1.09. The van der Waals surface area contributed by atoms with Crippen molar-refractivity contribution in [3.63, 3.8) is 0 Å². The molecule has 0 radical (unpaired) electrons. The van der Waals surface area contributed by atoms with Crippen LogP contribution in [0.25, 0.3) is 0 Å². The SMILES string of the molecule is CN=C(NCc1ccc(C(N)=O)cc1)NC(C)CCC(C)C. The van der Waals surface area contributed by atoms with Gasteiger partial charge in [-0.15, -0.1) is 0 Å². The first-order chi connectivity index (χ1) is 10.4. The largest absolute Gasteiger partial charge is 0.366 e. The number of rotatable bonds is 7. The van der Waals surface area contributed by atoms with Crippen LogP contribution in [0.1, 0.15) is 49.5 Å². The van der Waals surface area contributed by atoms with Crippen molar-refractivity contribution >= 4 is 11.9 Å². The highest BCUT2D eigenvalue weighted by Crippen LogP contribution is 2.06. The molecule has 0 saturated carbocycles. The molecule has 1 amide bonds. The van der Waals surface area contributed by atoms with Crippen molar-refractivity contribution in [1.29, 1.82) is 0 Å². The Morgan fingerprint density at radius 2 is 1.82 bits per heavy atom. The van der Waals surface area contributed by atoms with E-state index < -0.39 is 5.91 Å². The zero-order chi connectivity index (χ0) is 16.5. The predicted molar refractivity (Wildman–Crippen MR) is 91.8 cm³/mol. The molecule has 1 rings (SSSR count). The molecule has 0 heterocycles. The number of nitrogens with one attached hydrogen (secondary N) is 2. The number of primary amides is 1. The first-order valence-electron chi connectivity index (χ1n) is 7.78. The average molecular weight is 304 g/mol. The molecule has 22 heavy (non-hydrogen) atoms. The standard InChI is InChI=1S/C17H28N4O/c1-12(2)5-6-13(3)21-17(19-4)20-11-14-7-9-15(10-8-14)16(18)22/h7-10,12-13H,5-6,11H2,1-4H3,(H2,18,22)(H2,19,20,21). The summed E-state index contributed by atoms with van der Waals surface area (Å²) in [5.41, 5.74) is 6.82. The molecule has 0 bridgehead atoms. The molecule has 0 fully saturated rings. The second kappa shape index (κ2) is 9.07. The van der Waals surface area contributed by atoms with Gasteiger partial charge in [0.15, 0.2) is 5.96 Å². The molecule has 5 nitrogen and oxygen atoms in total. The van der Waals surface area contributed by atoms with Gasteiger partial charge in [-0.05, 0) is 43.4 Å². The lowest BCUT2D eigenvalue weighted by Crippen LogP contribution is -2.41. The van der Waals surface area contributed by atoms with Crippen LogP contribution in [0.5, 0.6) is 0 Å². The molecule has 5 heteroatoms. The Balaban J connectivity index is 2.45. The zero-order valence-electron chi connectivity index (χ0n) is 14.0. The van der Waals surface area contributed by atoms with E-state index in [0.717, 1.165) is 17.9 Å². The lowest BCUT2D eigenvalue weighted by molar-refractivity contribution is 0.100. The third kappa shape index (κ3) is 6.61. The van der Waals surface area contributed by atoms with Gasteiger partial charge in [0.25, 0.3) is 0 Å². The van der Waals surface area contributed by atoms with E-state index in [4.69, 9.17) is 5.73 Å². The van der Waals surface area contributed by atoms with Gasteiger partial charge in [0, 0.05) is 25.2 Å². The molecule has 1 aromatic rings. The molecule has 0 aliphatic carbocycles. The molecule has 0 aromatic heterocycles. The molecule has 1 aromatic carbocycles. The van der Waals surface area contributed by atoms with Crippen LogP contribution in [0.3, 0.4) is 0 Å². The number of hydrogen-bond acceptors (Lipinski definition) is 2. The molecular formula is C17H28N4O. The minimum Gasteiger partial charge on any atom is -0.366 e. The second-order valence-corrected chi connectivity index (χ2v) is 6.00. The summed E-state index contributed by atoms with van der Waals surface area (Å²) < 4.78 is 0. The number of aliphatic imine (C=N–C) groups is 1. The summed E-state index contributed by atoms with van der Waals surface area (Å²) >= 11 is 0. The van der Waals surface area contributed by atoms with Crippen LogP contribution in [0.4, 0.5) is 0 Å². The van der Waals surface area contributed by atoms with Crippen LogP contribution in [0.15, 0.2) is 29.3 Å². The van der Waals surface area contributed by atoms with Crippen molar-refractivity contribution in [2.75, 3.05) is 7.05 Å². The molecular weight excluding hydrogens is 276 g/mol. The molecule has 0 spiro atoms. The summed E-state index contributed by atoms with van der Waals surface area (Å²) in [6.45, 7) is 7.28. The van der Waals surface area contributed by atoms with Gasteiger partial charge in [-0.25, -0.2) is 0 Å². The number of hydrogen-bond donors (Lipinski definition) is 3. The Hall–Kier alpha value is -2.04. The van der Waals surface area contributed by atoms with Crippen molar-refractivity contribution in [3.8, 4) is 0 Å². The number of nitrogens with zero attached hydrogens (tertiary/aromatic N) is 1. The molecule has 4 N–H and O–H groups in total. The van der Waals surface area contributed by atoms with Gasteiger partial charge in [0.2, 0.25) is 5.91 Å². The predicted octanol–water partition coefficient (Wildman–Crippen LogP) is 2.28. The smallest absolute Gasteiger partial charge is 0.248 e. The van der Waals surface area contributed by atoms with Crippen molar-refractivity contribution in [1.82, 2.24) is 10.6 Å². The third-order valence-electron chi connectivity index (χ3n) is 3.48. The molecule has 0 saturated heterocycles. The van der Waals surface area contributed by atoms with Gasteiger partial charge in [-0.2, -0.15) is 0 Å². The number of carbonyl (C=O) groups excluding carboxylic acids is 1. The molecule has 1 atom stereocenters. The van der Waals surface area contributed by atoms with E-state index in [9.17, 15) is 4.79 Å². The number of guanidine groups is 1. The van der Waals surface area contributed by atoms with Crippen molar-refractivity contribution in [3.05, 3.63) is 35.4 Å². The minimum absolute atomic E-state index is 0.380. The van der Waals surface area contributed by atoms with Crippen LogP contribution < -0.4 is 16.4 Å². The molecule has 0 aliphatic rings. The van der Waals surface area contributed by atoms with Gasteiger partial charge in [-0.3, -0.25) is 9.79 Å². The van der Waals surface area contributed by atoms with Crippen molar-refractivity contribution in [2.24, 2.45) is 16.6 Å². The highest BCUT2D eigenvalue weighted by molar-refractivity contribution is 5.92. The number of benzene rings is 1. The van der Waals surface area contributed by atoms with Gasteiger partial charge in [-0.1, -0.05) is 26.0 Å². The van der Waals surface area contributed by atoms with Crippen LogP contribution in [-0.2, 0) is 6.54 Å². The minimum atomic E-state index is -0.407. The molecule has 122 valence electrons. The highest BCUT2D eigenvalue weighted by Gasteiger charge is 2.06. The first kappa shape index (κ1) is 18.0. The number of carbonyl (C=O) groups is 1. The van der Waals surface area contributed by atoms with Crippen LogP contribution in [-0.4, -0.2) is 25.0 Å². The van der Waals surface area contributed by atoms with Crippen LogP contribution in [0.2, 0.25) is 0 Å². The highest BCUT2D eigenvalue weighted by atomic mass is 16.1. The van der Waals surface area contributed by atoms with E-state index in [-0.39, 0.29) is 0 Å². The molecule has 1 unspecified atom stereocenters. The van der Waals surface area contributed by atoms with Gasteiger partial charge in [0.1, 0.15) is 0 Å². The number of nitrogens with two attached hydrogens (primary N) is 1. The fourth-order valence-corrected chi connectivity index (χ4v) is 2.06. The quantitative estimate of drug-likeness (QED) is 0.534. The fraction of sp³-hybridized carbons (Fsp3) is 0.529. The lowest BCUT2D eigenvalue weighted by Gasteiger charge is -2.18. The maximum Gasteiger partial charge on any atom is 0.248 e. The summed E-state index contributed by atoms with van der Waals surface area (Å²) in [6.07, 6.45) is 2.31. The Kier molecular flexibility index (Phi) is 7.43. The van der Waals surface area contributed by atoms with E-state index in [1.807, 2.05) is 12.1 Å². The Labute approximate surface area is 133 Å². The summed E-state index contributed by atoms with van der Waals surface area (Å²) in [6, 6.07) is 7.64. The second-order valence-electron chi connectivity index (χ2n) is 6.00. The van der Waals surface area contributed by atoms with Crippen LogP contribution >= 0.6 is 0 Å². The Morgan fingerprint density at radius 1 is 1.18 bits per heavy atom. The van der Waals surface area contributed by atoms with Gasteiger partial charge < -0.3 is 16.4 Å². The monoisotopic (exact) mass is 304 g/mol. The summed E-state index contributed by atoms with van der Waals surface area (Å²) in [4.78, 5) is 15.3. The van der Waals surface area contributed by atoms with E-state index >= 15 is 0 Å². The maximum absolute atomic E-state index is 11.0. The fourth-order valence-electron chi connectivity index (χ4n) is 2.06. The van der Waals surface area contributed by atoms with Crippen molar-refractivity contribution < 1.29 is 4.79 Å². The Morgan fingerprint density at radius 3 is 2.32 bits per heavy atom. The van der Waals surface area contributed by atoms with E-state index in [0.29, 0.717) is 24.1 Å². The van der Waals surface area contributed by atoms with Crippen molar-refractivity contribution in [2.45, 2.75) is 46.2 Å². The first-order valence-corrected chi connectivity index (χ1v) is 7.78. The van der Waals surface area contributed by atoms with Crippen LogP contribution in [0, 0.1) is 5.92 Å². The summed E-state index contributed by atoms with van der Waals surface area (Å²) in [7, 11) is 1.76. The molecule has 0 aliphatic heterocycles. The van der Waals surface area contributed by atoms with E-state index in [1.54, 1.807) is 19.2 Å². The normalized spacial score (nSPS) is 13.0. The summed E-state index contributed by atoms with van der Waals surface area (Å²) in [5, 5.41) is 6.66. The zero-order valence-corrected chi connectivity index (χ0v) is 14.0. The third-order valence-corrected chi connectivity index (χ3v) is 3.48. The maximum atomic E-state index is 11.0. The van der Waals surface area contributed by atoms with E-state index in [1.165, 1.54) is 6.42 Å². The topological polar surface area (TPSA) is 79.5 Å².